The highest BCUT2D eigenvalue weighted by Crippen LogP contribution is 2.28. The lowest BCUT2D eigenvalue weighted by Gasteiger charge is -2.13. The number of hydrogen-bond donors (Lipinski definition) is 2. The number of anilines is 1. The first-order chi connectivity index (χ1) is 9.06. The van der Waals surface area contributed by atoms with Crippen LogP contribution in [0.15, 0.2) is 23.1 Å². The van der Waals surface area contributed by atoms with Crippen molar-refractivity contribution in [2.24, 2.45) is 0 Å². The van der Waals surface area contributed by atoms with Crippen molar-refractivity contribution >= 4 is 23.4 Å². The lowest BCUT2D eigenvalue weighted by atomic mass is 10.3. The monoisotopic (exact) mass is 284 g/mol. The maximum Gasteiger partial charge on any atom is 0.230 e. The number of benzene rings is 1. The van der Waals surface area contributed by atoms with Crippen LogP contribution in [-0.2, 0) is 9.53 Å². The fraction of sp³-hybridized carbons (Fsp3) is 0.462. The number of nitrogens with two attached hydrogens (primary N) is 1. The molecule has 1 amide bonds. The summed E-state index contributed by atoms with van der Waals surface area (Å²) in [6.07, 6.45) is 0. The molecule has 0 aliphatic heterocycles. The Balaban J connectivity index is 2.50. The summed E-state index contributed by atoms with van der Waals surface area (Å²) in [5.41, 5.74) is 6.49. The number of nitrogen functional groups attached to an aromatic ring is 1. The Hall–Kier alpha value is -1.40. The van der Waals surface area contributed by atoms with Crippen molar-refractivity contribution in [3.8, 4) is 5.75 Å². The Morgan fingerprint density at radius 1 is 1.47 bits per heavy atom. The van der Waals surface area contributed by atoms with E-state index >= 15 is 0 Å². The van der Waals surface area contributed by atoms with Crippen LogP contribution in [0.5, 0.6) is 5.75 Å². The van der Waals surface area contributed by atoms with Crippen LogP contribution in [0.2, 0.25) is 0 Å². The van der Waals surface area contributed by atoms with Gasteiger partial charge in [-0.2, -0.15) is 0 Å². The fourth-order valence-electron chi connectivity index (χ4n) is 1.52. The summed E-state index contributed by atoms with van der Waals surface area (Å²) in [7, 11) is 3.20. The molecular weight excluding hydrogens is 264 g/mol. The normalized spacial score (nSPS) is 11.9. The number of nitrogens with one attached hydrogen (secondary N) is 1. The van der Waals surface area contributed by atoms with E-state index in [-0.39, 0.29) is 11.9 Å². The first-order valence-corrected chi connectivity index (χ1v) is 6.90. The molecule has 0 heterocycles. The minimum atomic E-state index is -0.0447. The van der Waals surface area contributed by atoms with Crippen LogP contribution in [0, 0.1) is 0 Å². The smallest absolute Gasteiger partial charge is 0.230 e. The minimum absolute atomic E-state index is 0.000700. The Kier molecular flexibility index (Phi) is 6.52. The Labute approximate surface area is 117 Å². The zero-order valence-electron chi connectivity index (χ0n) is 11.4. The van der Waals surface area contributed by atoms with Crippen LogP contribution in [-0.4, -0.2) is 38.5 Å². The van der Waals surface area contributed by atoms with Gasteiger partial charge in [-0.05, 0) is 25.1 Å². The Morgan fingerprint density at radius 3 is 2.84 bits per heavy atom. The quantitative estimate of drug-likeness (QED) is 0.586. The maximum absolute atomic E-state index is 11.7. The molecule has 1 unspecified atom stereocenters. The lowest BCUT2D eigenvalue weighted by Crippen LogP contribution is -2.36. The zero-order chi connectivity index (χ0) is 14.3. The van der Waals surface area contributed by atoms with Crippen molar-refractivity contribution in [1.82, 2.24) is 5.32 Å². The Morgan fingerprint density at radius 2 is 2.21 bits per heavy atom. The third kappa shape index (κ3) is 5.40. The number of hydrogen-bond acceptors (Lipinski definition) is 5. The summed E-state index contributed by atoms with van der Waals surface area (Å²) in [6.45, 7) is 2.39. The molecule has 106 valence electrons. The summed E-state index contributed by atoms with van der Waals surface area (Å²) < 4.78 is 10.1. The number of amides is 1. The van der Waals surface area contributed by atoms with Crippen molar-refractivity contribution in [2.45, 2.75) is 17.9 Å². The molecule has 0 aliphatic rings. The minimum Gasteiger partial charge on any atom is -0.497 e. The average molecular weight is 284 g/mol. The molecule has 3 N–H and O–H groups in total. The molecule has 0 fully saturated rings. The lowest BCUT2D eigenvalue weighted by molar-refractivity contribution is -0.119. The van der Waals surface area contributed by atoms with E-state index in [9.17, 15) is 4.79 Å². The van der Waals surface area contributed by atoms with E-state index in [1.807, 2.05) is 13.0 Å². The van der Waals surface area contributed by atoms with E-state index in [2.05, 4.69) is 5.32 Å². The highest BCUT2D eigenvalue weighted by molar-refractivity contribution is 8.00. The summed E-state index contributed by atoms with van der Waals surface area (Å²) in [5, 5.41) is 2.84. The van der Waals surface area contributed by atoms with Crippen LogP contribution in [0.25, 0.3) is 0 Å². The van der Waals surface area contributed by atoms with Crippen LogP contribution < -0.4 is 15.8 Å². The van der Waals surface area contributed by atoms with Crippen LogP contribution in [0.3, 0.4) is 0 Å². The van der Waals surface area contributed by atoms with Gasteiger partial charge in [0.1, 0.15) is 5.75 Å². The second-order valence-electron chi connectivity index (χ2n) is 4.12. The SMILES string of the molecule is COCC(C)NC(=O)CSc1cc(OC)ccc1N. The van der Waals surface area contributed by atoms with Gasteiger partial charge >= 0.3 is 0 Å². The largest absolute Gasteiger partial charge is 0.497 e. The van der Waals surface area contributed by atoms with Gasteiger partial charge in [0.2, 0.25) is 5.91 Å². The number of methoxy groups -OCH3 is 2. The number of ether oxygens (including phenoxy) is 2. The van der Waals surface area contributed by atoms with E-state index in [0.29, 0.717) is 18.0 Å². The molecule has 5 nitrogen and oxygen atoms in total. The second kappa shape index (κ2) is 7.91. The third-order valence-corrected chi connectivity index (χ3v) is 3.47. The van der Waals surface area contributed by atoms with Crippen molar-refractivity contribution in [2.75, 3.05) is 32.3 Å². The van der Waals surface area contributed by atoms with Crippen LogP contribution in [0.1, 0.15) is 6.92 Å². The van der Waals surface area contributed by atoms with E-state index in [4.69, 9.17) is 15.2 Å². The van der Waals surface area contributed by atoms with E-state index in [0.717, 1.165) is 10.6 Å². The van der Waals surface area contributed by atoms with Crippen molar-refractivity contribution in [3.05, 3.63) is 18.2 Å². The first-order valence-electron chi connectivity index (χ1n) is 5.91. The second-order valence-corrected chi connectivity index (χ2v) is 5.13. The maximum atomic E-state index is 11.7. The molecule has 1 rings (SSSR count). The van der Waals surface area contributed by atoms with Crippen LogP contribution in [0.4, 0.5) is 5.69 Å². The summed E-state index contributed by atoms with van der Waals surface area (Å²) >= 11 is 1.39. The first kappa shape index (κ1) is 15.7. The predicted octanol–water partition coefficient (Wildman–Crippen LogP) is 1.52. The number of carbonyl (C=O) groups is 1. The topological polar surface area (TPSA) is 73.6 Å². The van der Waals surface area contributed by atoms with Crippen molar-refractivity contribution < 1.29 is 14.3 Å². The van der Waals surface area contributed by atoms with Gasteiger partial charge in [0, 0.05) is 23.7 Å². The van der Waals surface area contributed by atoms with E-state index in [1.54, 1.807) is 26.4 Å². The number of thioether (sulfide) groups is 1. The van der Waals surface area contributed by atoms with Gasteiger partial charge in [0.05, 0.1) is 19.5 Å². The van der Waals surface area contributed by atoms with Gasteiger partial charge in [-0.15, -0.1) is 11.8 Å². The van der Waals surface area contributed by atoms with Gasteiger partial charge in [0.25, 0.3) is 0 Å². The number of rotatable bonds is 7. The molecule has 0 bridgehead atoms. The zero-order valence-corrected chi connectivity index (χ0v) is 12.3. The molecule has 0 saturated heterocycles. The molecule has 1 aromatic rings. The summed E-state index contributed by atoms with van der Waals surface area (Å²) in [4.78, 5) is 12.5. The molecule has 0 radical (unpaired) electrons. The van der Waals surface area contributed by atoms with E-state index < -0.39 is 0 Å². The molecule has 0 spiro atoms. The van der Waals surface area contributed by atoms with Gasteiger partial charge < -0.3 is 20.5 Å². The van der Waals surface area contributed by atoms with Gasteiger partial charge in [-0.25, -0.2) is 0 Å². The van der Waals surface area contributed by atoms with Gasteiger partial charge in [0.15, 0.2) is 0 Å². The molecule has 19 heavy (non-hydrogen) atoms. The molecule has 0 aliphatic carbocycles. The molecule has 0 aromatic heterocycles. The summed E-state index contributed by atoms with van der Waals surface area (Å²) in [6, 6.07) is 5.39. The Bertz CT molecular complexity index is 426. The van der Waals surface area contributed by atoms with Gasteiger partial charge in [-0.1, -0.05) is 0 Å². The standard InChI is InChI=1S/C13H20N2O3S/c1-9(7-17-2)15-13(16)8-19-12-6-10(18-3)4-5-11(12)14/h4-6,9H,7-8,14H2,1-3H3,(H,15,16). The molecule has 1 atom stereocenters. The van der Waals surface area contributed by atoms with Crippen molar-refractivity contribution in [3.63, 3.8) is 0 Å². The van der Waals surface area contributed by atoms with Crippen LogP contribution >= 0.6 is 11.8 Å². The molecular formula is C13H20N2O3S. The highest BCUT2D eigenvalue weighted by atomic mass is 32.2. The van der Waals surface area contributed by atoms with E-state index in [1.165, 1.54) is 11.8 Å². The van der Waals surface area contributed by atoms with Crippen molar-refractivity contribution in [1.29, 1.82) is 0 Å². The molecule has 0 saturated carbocycles. The fourth-order valence-corrected chi connectivity index (χ4v) is 2.32. The average Bonchev–Trinajstić information content (AvgIpc) is 2.38. The van der Waals surface area contributed by atoms with Gasteiger partial charge in [-0.3, -0.25) is 4.79 Å². The summed E-state index contributed by atoms with van der Waals surface area (Å²) in [5.74, 6) is 0.993. The predicted molar refractivity (Wildman–Crippen MR) is 77.6 cm³/mol. The molecule has 6 heteroatoms. The molecule has 1 aromatic carbocycles. The third-order valence-electron chi connectivity index (χ3n) is 2.40. The highest BCUT2D eigenvalue weighted by Gasteiger charge is 2.09. The number of carbonyl (C=O) groups excluding carboxylic acids is 1.